The van der Waals surface area contributed by atoms with Crippen molar-refractivity contribution in [3.05, 3.63) is 77.4 Å². The highest BCUT2D eigenvalue weighted by atomic mass is 16.5. The number of carbonyl (C=O) groups excluding carboxylic acids is 2. The maximum atomic E-state index is 12.4. The van der Waals surface area contributed by atoms with Gasteiger partial charge in [-0.3, -0.25) is 0 Å². The highest BCUT2D eigenvalue weighted by Crippen LogP contribution is 2.19. The predicted molar refractivity (Wildman–Crippen MR) is 117 cm³/mol. The van der Waals surface area contributed by atoms with E-state index in [0.717, 1.165) is 18.4 Å². The molecule has 1 atom stereocenters. The fraction of sp³-hybridized carbons (Fsp3) is 0.360. The van der Waals surface area contributed by atoms with Crippen molar-refractivity contribution in [3.8, 4) is 5.75 Å². The molecule has 30 heavy (non-hydrogen) atoms. The first-order valence-corrected chi connectivity index (χ1v) is 10.3. The van der Waals surface area contributed by atoms with Crippen LogP contribution in [0.4, 0.5) is 0 Å². The zero-order valence-corrected chi connectivity index (χ0v) is 17.7. The molecule has 0 fully saturated rings. The number of ether oxygens (including phenoxy) is 2. The lowest BCUT2D eigenvalue weighted by Gasteiger charge is -2.15. The first-order valence-electron chi connectivity index (χ1n) is 10.3. The first kappa shape index (κ1) is 23.4. The number of unbranched alkanes of at least 4 members (excludes halogenated alkanes) is 2. The van der Waals surface area contributed by atoms with E-state index < -0.39 is 11.9 Å². The molecule has 0 aliphatic carbocycles. The van der Waals surface area contributed by atoms with Crippen LogP contribution in [0.15, 0.2) is 60.7 Å². The van der Waals surface area contributed by atoms with Gasteiger partial charge in [-0.05, 0) is 55.2 Å². The minimum Gasteiger partial charge on any atom is -0.462 e. The van der Waals surface area contributed by atoms with Gasteiger partial charge in [0.2, 0.25) is 0 Å². The third kappa shape index (κ3) is 7.16. The molecule has 0 aromatic heterocycles. The van der Waals surface area contributed by atoms with Gasteiger partial charge in [-0.1, -0.05) is 50.6 Å². The highest BCUT2D eigenvalue weighted by molar-refractivity contribution is 5.91. The maximum absolute atomic E-state index is 12.4. The topological polar surface area (TPSA) is 72.8 Å². The van der Waals surface area contributed by atoms with E-state index in [2.05, 4.69) is 13.5 Å². The molecule has 0 radical (unpaired) electrons. The molecule has 2 aromatic carbocycles. The number of rotatable bonds is 11. The standard InChI is InChI=1S/C25H30O5/c1-4-5-6-7-19-8-14-23(15-9-19)30-25(28)21-12-10-20(11-13-21)22(16-26)17-29-24(27)18(2)3/h8-15,22,26H,2,4-7,16-17H2,1,3H3. The summed E-state index contributed by atoms with van der Waals surface area (Å²) < 4.78 is 10.6. The largest absolute Gasteiger partial charge is 0.462 e. The molecule has 0 bridgehead atoms. The second kappa shape index (κ2) is 11.9. The second-order valence-electron chi connectivity index (χ2n) is 7.37. The van der Waals surface area contributed by atoms with Gasteiger partial charge in [-0.25, -0.2) is 9.59 Å². The average Bonchev–Trinajstić information content (AvgIpc) is 2.75. The first-order chi connectivity index (χ1) is 14.4. The molecular weight excluding hydrogens is 380 g/mol. The van der Waals surface area contributed by atoms with E-state index in [4.69, 9.17) is 9.47 Å². The van der Waals surface area contributed by atoms with Crippen LogP contribution in [0.3, 0.4) is 0 Å². The van der Waals surface area contributed by atoms with Crippen molar-refractivity contribution in [2.45, 2.75) is 45.4 Å². The van der Waals surface area contributed by atoms with E-state index in [0.29, 0.717) is 16.9 Å². The Labute approximate surface area is 178 Å². The van der Waals surface area contributed by atoms with Gasteiger partial charge in [0.15, 0.2) is 0 Å². The van der Waals surface area contributed by atoms with Crippen LogP contribution in [-0.4, -0.2) is 30.3 Å². The van der Waals surface area contributed by atoms with Crippen molar-refractivity contribution in [2.24, 2.45) is 0 Å². The van der Waals surface area contributed by atoms with Crippen LogP contribution < -0.4 is 4.74 Å². The van der Waals surface area contributed by atoms with Crippen molar-refractivity contribution in [2.75, 3.05) is 13.2 Å². The second-order valence-corrected chi connectivity index (χ2v) is 7.37. The van der Waals surface area contributed by atoms with Crippen LogP contribution in [0, 0.1) is 0 Å². The average molecular weight is 411 g/mol. The third-order valence-electron chi connectivity index (χ3n) is 4.81. The molecular formula is C25H30O5. The summed E-state index contributed by atoms with van der Waals surface area (Å²) in [6, 6.07) is 14.3. The molecule has 0 heterocycles. The predicted octanol–water partition coefficient (Wildman–Crippen LogP) is 4.83. The highest BCUT2D eigenvalue weighted by Gasteiger charge is 2.15. The van der Waals surface area contributed by atoms with Crippen molar-refractivity contribution >= 4 is 11.9 Å². The van der Waals surface area contributed by atoms with Crippen molar-refractivity contribution in [3.63, 3.8) is 0 Å². The Kier molecular flexibility index (Phi) is 9.29. The molecule has 5 nitrogen and oxygen atoms in total. The van der Waals surface area contributed by atoms with E-state index in [-0.39, 0.29) is 19.1 Å². The molecule has 1 unspecified atom stereocenters. The fourth-order valence-corrected chi connectivity index (χ4v) is 2.91. The van der Waals surface area contributed by atoms with E-state index >= 15 is 0 Å². The summed E-state index contributed by atoms with van der Waals surface area (Å²) in [6.07, 6.45) is 4.58. The van der Waals surface area contributed by atoms with E-state index in [1.54, 1.807) is 31.2 Å². The van der Waals surface area contributed by atoms with Crippen LogP contribution in [0.1, 0.15) is 60.5 Å². The van der Waals surface area contributed by atoms with E-state index in [1.807, 2.05) is 24.3 Å². The molecule has 2 aromatic rings. The molecule has 0 aliphatic rings. The fourth-order valence-electron chi connectivity index (χ4n) is 2.91. The Morgan fingerprint density at radius 3 is 2.27 bits per heavy atom. The number of benzene rings is 2. The lowest BCUT2D eigenvalue weighted by molar-refractivity contribution is -0.139. The normalized spacial score (nSPS) is 11.6. The number of carbonyl (C=O) groups is 2. The molecule has 0 saturated carbocycles. The third-order valence-corrected chi connectivity index (χ3v) is 4.81. The molecule has 0 aliphatic heterocycles. The van der Waals surface area contributed by atoms with Gasteiger partial charge in [0.1, 0.15) is 12.4 Å². The summed E-state index contributed by atoms with van der Waals surface area (Å²) in [7, 11) is 0. The molecule has 2 rings (SSSR count). The summed E-state index contributed by atoms with van der Waals surface area (Å²) in [5.74, 6) is -0.818. The van der Waals surface area contributed by atoms with Crippen LogP contribution in [0.2, 0.25) is 0 Å². The van der Waals surface area contributed by atoms with Gasteiger partial charge in [0.05, 0.1) is 12.2 Å². The monoisotopic (exact) mass is 410 g/mol. The van der Waals surface area contributed by atoms with Crippen molar-refractivity contribution in [1.29, 1.82) is 0 Å². The summed E-state index contributed by atoms with van der Waals surface area (Å²) in [6.45, 7) is 7.13. The van der Waals surface area contributed by atoms with Gasteiger partial charge in [0, 0.05) is 11.5 Å². The quantitative estimate of drug-likeness (QED) is 0.248. The number of esters is 2. The van der Waals surface area contributed by atoms with Gasteiger partial charge in [-0.15, -0.1) is 0 Å². The summed E-state index contributed by atoms with van der Waals surface area (Å²) in [5, 5.41) is 9.59. The Morgan fingerprint density at radius 1 is 1.03 bits per heavy atom. The zero-order chi connectivity index (χ0) is 21.9. The summed E-state index contributed by atoms with van der Waals surface area (Å²) >= 11 is 0. The molecule has 0 saturated heterocycles. The maximum Gasteiger partial charge on any atom is 0.343 e. The smallest absolute Gasteiger partial charge is 0.343 e. The number of hydrogen-bond donors (Lipinski definition) is 1. The number of aryl methyl sites for hydroxylation is 1. The van der Waals surface area contributed by atoms with Crippen LogP contribution >= 0.6 is 0 Å². The molecule has 5 heteroatoms. The Hall–Kier alpha value is -2.92. The van der Waals surface area contributed by atoms with Gasteiger partial charge < -0.3 is 14.6 Å². The molecule has 1 N–H and O–H groups in total. The number of aliphatic hydroxyl groups excluding tert-OH is 1. The lowest BCUT2D eigenvalue weighted by atomic mass is 9.99. The summed E-state index contributed by atoms with van der Waals surface area (Å²) in [5.41, 5.74) is 2.70. The SMILES string of the molecule is C=C(C)C(=O)OCC(CO)c1ccc(C(=O)Oc2ccc(CCCCC)cc2)cc1. The minimum absolute atomic E-state index is 0.0383. The Bertz CT molecular complexity index is 837. The summed E-state index contributed by atoms with van der Waals surface area (Å²) in [4.78, 5) is 23.9. The number of hydrogen-bond acceptors (Lipinski definition) is 5. The van der Waals surface area contributed by atoms with Crippen LogP contribution in [-0.2, 0) is 16.0 Å². The van der Waals surface area contributed by atoms with Gasteiger partial charge >= 0.3 is 11.9 Å². The van der Waals surface area contributed by atoms with E-state index in [9.17, 15) is 14.7 Å². The minimum atomic E-state index is -0.495. The number of aliphatic hydroxyl groups is 1. The Balaban J connectivity index is 1.94. The lowest BCUT2D eigenvalue weighted by Crippen LogP contribution is -2.16. The zero-order valence-electron chi connectivity index (χ0n) is 17.7. The molecule has 160 valence electrons. The van der Waals surface area contributed by atoms with Gasteiger partial charge in [0.25, 0.3) is 0 Å². The van der Waals surface area contributed by atoms with Crippen LogP contribution in [0.5, 0.6) is 5.75 Å². The van der Waals surface area contributed by atoms with Crippen LogP contribution in [0.25, 0.3) is 0 Å². The van der Waals surface area contributed by atoms with Crippen molar-refractivity contribution < 1.29 is 24.2 Å². The molecule has 0 amide bonds. The van der Waals surface area contributed by atoms with Crippen molar-refractivity contribution in [1.82, 2.24) is 0 Å². The van der Waals surface area contributed by atoms with Gasteiger partial charge in [-0.2, -0.15) is 0 Å². The Morgan fingerprint density at radius 2 is 1.70 bits per heavy atom. The van der Waals surface area contributed by atoms with E-state index in [1.165, 1.54) is 18.4 Å². The molecule has 0 spiro atoms.